The first kappa shape index (κ1) is 26.6. The number of nitrogens with zero attached hydrogens (tertiary/aromatic N) is 2. The number of hydrogen-bond donors (Lipinski definition) is 1. The van der Waals surface area contributed by atoms with Gasteiger partial charge in [-0.25, -0.2) is 0 Å². The maximum absolute atomic E-state index is 13.3. The van der Waals surface area contributed by atoms with Gasteiger partial charge in [-0.3, -0.25) is 9.59 Å². The monoisotopic (exact) mass is 538 g/mol. The summed E-state index contributed by atoms with van der Waals surface area (Å²) >= 11 is 0. The molecule has 1 N–H and O–H groups in total. The summed E-state index contributed by atoms with van der Waals surface area (Å²) in [6.45, 7) is 2.43. The topological polar surface area (TPSA) is 70.1 Å². The molecule has 0 unspecified atom stereocenters. The fourth-order valence-electron chi connectivity index (χ4n) is 5.49. The molecule has 2 fully saturated rings. The van der Waals surface area contributed by atoms with Crippen molar-refractivity contribution in [3.63, 3.8) is 0 Å². The molecule has 2 heterocycles. The maximum Gasteiger partial charge on any atom is 0.416 e. The Balaban J connectivity index is 1.18. The van der Waals surface area contributed by atoms with Crippen LogP contribution in [0, 0.1) is 5.41 Å². The summed E-state index contributed by atoms with van der Waals surface area (Å²) in [5, 5.41) is 10.0. The SMILES string of the molecule is O=C(c1ccc(Oc2ccc(C(F)(F)F)cc2)cc1)N1CCCC2(CCN(C(=O)c3ccccc3O)CC2)C1. The Hall–Kier alpha value is -4.01. The van der Waals surface area contributed by atoms with E-state index in [1.165, 1.54) is 18.2 Å². The fourth-order valence-corrected chi connectivity index (χ4v) is 5.49. The summed E-state index contributed by atoms with van der Waals surface area (Å²) in [7, 11) is 0. The first-order valence-corrected chi connectivity index (χ1v) is 13.0. The van der Waals surface area contributed by atoms with Crippen LogP contribution in [0.15, 0.2) is 72.8 Å². The molecule has 39 heavy (non-hydrogen) atoms. The standard InChI is InChI=1S/C30H29F3N2O4/c31-30(32,33)22-8-12-24(13-9-22)39-23-10-6-21(7-11-23)27(37)35-17-3-14-29(20-35)15-18-34(19-16-29)28(38)25-4-1-2-5-26(25)36/h1-2,4-13,36H,3,14-20H2. The van der Waals surface area contributed by atoms with Crippen LogP contribution in [0.5, 0.6) is 17.2 Å². The Bertz CT molecular complexity index is 1330. The van der Waals surface area contributed by atoms with Crippen molar-refractivity contribution in [2.75, 3.05) is 26.2 Å². The van der Waals surface area contributed by atoms with Gasteiger partial charge in [0.2, 0.25) is 0 Å². The van der Waals surface area contributed by atoms with Crippen molar-refractivity contribution >= 4 is 11.8 Å². The largest absolute Gasteiger partial charge is 0.507 e. The van der Waals surface area contributed by atoms with Crippen LogP contribution in [0.4, 0.5) is 13.2 Å². The average molecular weight is 539 g/mol. The first-order valence-electron chi connectivity index (χ1n) is 13.0. The maximum atomic E-state index is 13.3. The van der Waals surface area contributed by atoms with Gasteiger partial charge in [-0.05, 0) is 91.8 Å². The van der Waals surface area contributed by atoms with Crippen LogP contribution in [0.25, 0.3) is 0 Å². The summed E-state index contributed by atoms with van der Waals surface area (Å²) in [6.07, 6.45) is -0.955. The highest BCUT2D eigenvalue weighted by Gasteiger charge is 2.41. The van der Waals surface area contributed by atoms with Crippen molar-refractivity contribution in [3.8, 4) is 17.2 Å². The van der Waals surface area contributed by atoms with Crippen LogP contribution in [0.3, 0.4) is 0 Å². The van der Waals surface area contributed by atoms with E-state index in [0.29, 0.717) is 43.1 Å². The normalized spacial score (nSPS) is 17.2. The summed E-state index contributed by atoms with van der Waals surface area (Å²) in [6, 6.07) is 17.6. The fraction of sp³-hybridized carbons (Fsp3) is 0.333. The minimum Gasteiger partial charge on any atom is -0.507 e. The quantitative estimate of drug-likeness (QED) is 0.420. The van der Waals surface area contributed by atoms with Crippen LogP contribution in [0.1, 0.15) is 52.0 Å². The van der Waals surface area contributed by atoms with Crippen LogP contribution < -0.4 is 4.74 Å². The number of phenolic OH excluding ortho intramolecular Hbond substituents is 1. The van der Waals surface area contributed by atoms with E-state index < -0.39 is 11.7 Å². The number of benzene rings is 3. The molecule has 0 atom stereocenters. The highest BCUT2D eigenvalue weighted by Crippen LogP contribution is 2.41. The van der Waals surface area contributed by atoms with Gasteiger partial charge in [0.25, 0.3) is 11.8 Å². The number of alkyl halides is 3. The Kier molecular flexibility index (Phi) is 7.25. The summed E-state index contributed by atoms with van der Waals surface area (Å²) in [5.74, 6) is 0.413. The zero-order chi connectivity index (χ0) is 27.6. The number of hydrogen-bond acceptors (Lipinski definition) is 4. The Morgan fingerprint density at radius 1 is 0.769 bits per heavy atom. The molecule has 0 aromatic heterocycles. The lowest BCUT2D eigenvalue weighted by Gasteiger charge is -2.47. The van der Waals surface area contributed by atoms with Crippen molar-refractivity contribution < 1.29 is 32.6 Å². The number of halogens is 3. The molecule has 2 amide bonds. The van der Waals surface area contributed by atoms with Crippen LogP contribution in [0.2, 0.25) is 0 Å². The lowest BCUT2D eigenvalue weighted by Crippen LogP contribution is -2.52. The van der Waals surface area contributed by atoms with Gasteiger partial charge in [0.15, 0.2) is 0 Å². The second-order valence-corrected chi connectivity index (χ2v) is 10.3. The lowest BCUT2D eigenvalue weighted by molar-refractivity contribution is -0.137. The second kappa shape index (κ2) is 10.6. The first-order chi connectivity index (χ1) is 18.6. The molecule has 0 aliphatic carbocycles. The number of amides is 2. The van der Waals surface area contributed by atoms with E-state index >= 15 is 0 Å². The summed E-state index contributed by atoms with van der Waals surface area (Å²) in [4.78, 5) is 29.8. The predicted molar refractivity (Wildman–Crippen MR) is 139 cm³/mol. The molecule has 6 nitrogen and oxygen atoms in total. The van der Waals surface area contributed by atoms with Gasteiger partial charge in [0, 0.05) is 31.7 Å². The van der Waals surface area contributed by atoms with Gasteiger partial charge in [0.1, 0.15) is 17.2 Å². The molecule has 2 saturated heterocycles. The predicted octanol–water partition coefficient (Wildman–Crippen LogP) is 6.36. The molecule has 0 radical (unpaired) electrons. The van der Waals surface area contributed by atoms with Gasteiger partial charge in [0.05, 0.1) is 11.1 Å². The Morgan fingerprint density at radius 3 is 2.00 bits per heavy atom. The molecule has 2 aliphatic heterocycles. The third kappa shape index (κ3) is 5.87. The minimum absolute atomic E-state index is 0.0204. The van der Waals surface area contributed by atoms with Crippen molar-refractivity contribution in [2.45, 2.75) is 31.9 Å². The molecule has 5 rings (SSSR count). The number of piperidine rings is 2. The van der Waals surface area contributed by atoms with Crippen molar-refractivity contribution in [1.82, 2.24) is 9.80 Å². The molecule has 9 heteroatoms. The van der Waals surface area contributed by atoms with Crippen LogP contribution >= 0.6 is 0 Å². The third-order valence-electron chi connectivity index (χ3n) is 7.71. The van der Waals surface area contributed by atoms with E-state index in [1.807, 2.05) is 4.90 Å². The number of carbonyl (C=O) groups is 2. The number of aromatic hydroxyl groups is 1. The zero-order valence-electron chi connectivity index (χ0n) is 21.3. The van der Waals surface area contributed by atoms with Gasteiger partial charge < -0.3 is 19.6 Å². The molecule has 2 aliphatic rings. The van der Waals surface area contributed by atoms with Crippen molar-refractivity contribution in [3.05, 3.63) is 89.5 Å². The van der Waals surface area contributed by atoms with E-state index in [1.54, 1.807) is 47.4 Å². The summed E-state index contributed by atoms with van der Waals surface area (Å²) in [5.41, 5.74) is 0.0243. The zero-order valence-corrected chi connectivity index (χ0v) is 21.3. The van der Waals surface area contributed by atoms with Gasteiger partial charge in [-0.2, -0.15) is 13.2 Å². The van der Waals surface area contributed by atoms with E-state index in [9.17, 15) is 27.9 Å². The minimum atomic E-state index is -4.41. The number of carbonyl (C=O) groups excluding carboxylic acids is 2. The third-order valence-corrected chi connectivity index (χ3v) is 7.71. The lowest BCUT2D eigenvalue weighted by atomic mass is 9.72. The van der Waals surface area contributed by atoms with Crippen molar-refractivity contribution in [1.29, 1.82) is 0 Å². The molecule has 204 valence electrons. The highest BCUT2D eigenvalue weighted by atomic mass is 19.4. The Morgan fingerprint density at radius 2 is 1.38 bits per heavy atom. The van der Waals surface area contributed by atoms with Crippen LogP contribution in [-0.2, 0) is 6.18 Å². The molecular weight excluding hydrogens is 509 g/mol. The molecule has 3 aromatic rings. The van der Waals surface area contributed by atoms with E-state index in [0.717, 1.165) is 37.8 Å². The molecule has 1 spiro atoms. The van der Waals surface area contributed by atoms with E-state index in [2.05, 4.69) is 0 Å². The van der Waals surface area contributed by atoms with E-state index in [4.69, 9.17) is 4.74 Å². The summed E-state index contributed by atoms with van der Waals surface area (Å²) < 4.78 is 43.9. The molecule has 3 aromatic carbocycles. The Labute approximate surface area is 224 Å². The smallest absolute Gasteiger partial charge is 0.416 e. The average Bonchev–Trinajstić information content (AvgIpc) is 2.93. The molecule has 0 bridgehead atoms. The highest BCUT2D eigenvalue weighted by molar-refractivity contribution is 5.97. The number of rotatable bonds is 4. The molecular formula is C30H29F3N2O4. The van der Waals surface area contributed by atoms with Gasteiger partial charge in [-0.1, -0.05) is 12.1 Å². The number of phenols is 1. The van der Waals surface area contributed by atoms with Gasteiger partial charge >= 0.3 is 6.18 Å². The molecule has 0 saturated carbocycles. The second-order valence-electron chi connectivity index (χ2n) is 10.3. The number of para-hydroxylation sites is 1. The van der Waals surface area contributed by atoms with Crippen LogP contribution in [-0.4, -0.2) is 52.9 Å². The number of likely N-dealkylation sites (tertiary alicyclic amines) is 2. The van der Waals surface area contributed by atoms with Crippen molar-refractivity contribution in [2.24, 2.45) is 5.41 Å². The number of ether oxygens (including phenoxy) is 1. The van der Waals surface area contributed by atoms with Gasteiger partial charge in [-0.15, -0.1) is 0 Å². The van der Waals surface area contributed by atoms with E-state index in [-0.39, 0.29) is 28.7 Å².